The molecule has 0 amide bonds. The van der Waals surface area contributed by atoms with E-state index in [1.54, 1.807) is 0 Å². The molecule has 0 fully saturated rings. The summed E-state index contributed by atoms with van der Waals surface area (Å²) in [6, 6.07) is 0. The fourth-order valence-electron chi connectivity index (χ4n) is 0.109. The van der Waals surface area contributed by atoms with Crippen molar-refractivity contribution in [2.45, 2.75) is 0 Å². The van der Waals surface area contributed by atoms with Gasteiger partial charge in [-0.05, 0) is 0 Å². The third kappa shape index (κ3) is 9.73. The Morgan fingerprint density at radius 3 is 1.12 bits per heavy atom. The Labute approximate surface area is 58.8 Å². The van der Waals surface area contributed by atoms with Gasteiger partial charge in [-0.2, -0.15) is 0 Å². The van der Waals surface area contributed by atoms with Crippen molar-refractivity contribution in [1.29, 1.82) is 0 Å². The van der Waals surface area contributed by atoms with Gasteiger partial charge in [0.1, 0.15) is 0 Å². The fraction of sp³-hybridized carbons (Fsp3) is 0. The van der Waals surface area contributed by atoms with Crippen LogP contribution < -0.4 is 0 Å². The zero-order valence-electron chi connectivity index (χ0n) is 3.35. The van der Waals surface area contributed by atoms with Crippen molar-refractivity contribution in [3.63, 3.8) is 0 Å². The van der Waals surface area contributed by atoms with Crippen molar-refractivity contribution >= 4 is 33.5 Å². The third-order valence-corrected chi connectivity index (χ3v) is 0.243. The van der Waals surface area contributed by atoms with Gasteiger partial charge in [-0.25, -0.2) is 0 Å². The second-order valence-electron chi connectivity index (χ2n) is 0.789. The van der Waals surface area contributed by atoms with Gasteiger partial charge in [-0.1, -0.05) is 0 Å². The normalized spacial score (nSPS) is 7.50. The Balaban J connectivity index is 0. The van der Waals surface area contributed by atoms with Crippen LogP contribution >= 0.6 is 0 Å². The standard InChI is InChI=1S/B2H4O5.Li.H/c3-1(4)7-2(5)6;;/h3-6H;;. The van der Waals surface area contributed by atoms with Gasteiger partial charge < -0.3 is 24.7 Å². The first-order valence-corrected chi connectivity index (χ1v) is 1.50. The van der Waals surface area contributed by atoms with Gasteiger partial charge in [0.15, 0.2) is 0 Å². The molecule has 8 heavy (non-hydrogen) atoms. The van der Waals surface area contributed by atoms with Crippen molar-refractivity contribution in [3.05, 3.63) is 0 Å². The van der Waals surface area contributed by atoms with Crippen LogP contribution in [-0.4, -0.2) is 53.6 Å². The fourth-order valence-corrected chi connectivity index (χ4v) is 0.109. The van der Waals surface area contributed by atoms with Crippen LogP contribution in [0.4, 0.5) is 0 Å². The van der Waals surface area contributed by atoms with Crippen molar-refractivity contribution in [2.75, 3.05) is 0 Å². The van der Waals surface area contributed by atoms with E-state index < -0.39 is 14.6 Å². The minimum atomic E-state index is -2.13. The average Bonchev–Trinajstić information content (AvgIpc) is 1.27. The first kappa shape index (κ1) is 11.3. The van der Waals surface area contributed by atoms with E-state index >= 15 is 0 Å². The Kier molecular flexibility index (Phi) is 8.02. The Morgan fingerprint density at radius 1 is 0.875 bits per heavy atom. The predicted octanol–water partition coefficient (Wildman–Crippen LogP) is -3.71. The summed E-state index contributed by atoms with van der Waals surface area (Å²) < 4.78 is 3.47. The second kappa shape index (κ2) is 5.66. The van der Waals surface area contributed by atoms with Gasteiger partial charge in [0, 0.05) is 0 Å². The summed E-state index contributed by atoms with van der Waals surface area (Å²) in [4.78, 5) is 0. The molecule has 0 aromatic heterocycles. The van der Waals surface area contributed by atoms with E-state index in [9.17, 15) is 0 Å². The van der Waals surface area contributed by atoms with Gasteiger partial charge in [0.05, 0.1) is 0 Å². The van der Waals surface area contributed by atoms with Crippen molar-refractivity contribution in [3.8, 4) is 0 Å². The third-order valence-electron chi connectivity index (χ3n) is 0.243. The average molecular weight is 114 g/mol. The topological polar surface area (TPSA) is 90.2 Å². The molecule has 0 unspecified atom stereocenters. The summed E-state index contributed by atoms with van der Waals surface area (Å²) in [7, 11) is -4.25. The van der Waals surface area contributed by atoms with Crippen LogP contribution in [0.1, 0.15) is 0 Å². The molecule has 0 saturated carbocycles. The molecule has 0 saturated heterocycles. The Morgan fingerprint density at radius 2 is 1.12 bits per heavy atom. The molecule has 0 rings (SSSR count). The van der Waals surface area contributed by atoms with Crippen molar-refractivity contribution < 1.29 is 24.7 Å². The van der Waals surface area contributed by atoms with E-state index in [1.807, 2.05) is 0 Å². The molecular formula is H5B2LiO5. The van der Waals surface area contributed by atoms with E-state index in [1.165, 1.54) is 0 Å². The van der Waals surface area contributed by atoms with Gasteiger partial charge in [-0.3, -0.25) is 0 Å². The maximum atomic E-state index is 7.74. The Bertz CT molecular complexity index is 39.7. The minimum absolute atomic E-state index is 0. The number of rotatable bonds is 2. The van der Waals surface area contributed by atoms with E-state index in [0.29, 0.717) is 0 Å². The van der Waals surface area contributed by atoms with Crippen LogP contribution in [0.15, 0.2) is 0 Å². The molecule has 0 spiro atoms. The molecule has 0 bridgehead atoms. The van der Waals surface area contributed by atoms with Crippen LogP contribution in [0.5, 0.6) is 0 Å². The zero-order chi connectivity index (χ0) is 5.86. The summed E-state index contributed by atoms with van der Waals surface area (Å²) in [6.07, 6.45) is 0. The van der Waals surface area contributed by atoms with Crippen LogP contribution in [0.2, 0.25) is 0 Å². The Hall–Kier alpha value is 0.527. The van der Waals surface area contributed by atoms with Crippen molar-refractivity contribution in [2.24, 2.45) is 0 Å². The van der Waals surface area contributed by atoms with E-state index in [0.717, 1.165) is 0 Å². The molecule has 4 N–H and O–H groups in total. The van der Waals surface area contributed by atoms with Crippen LogP contribution in [-0.2, 0) is 4.57 Å². The second-order valence-corrected chi connectivity index (χ2v) is 0.789. The van der Waals surface area contributed by atoms with Crippen LogP contribution in [0, 0.1) is 0 Å². The first-order valence-electron chi connectivity index (χ1n) is 1.50. The van der Waals surface area contributed by atoms with Crippen molar-refractivity contribution in [1.82, 2.24) is 0 Å². The molecule has 5 nitrogen and oxygen atoms in total. The molecule has 0 aliphatic heterocycles. The molecule has 0 aliphatic carbocycles. The maximum absolute atomic E-state index is 7.74. The summed E-state index contributed by atoms with van der Waals surface area (Å²) in [5.74, 6) is 0. The van der Waals surface area contributed by atoms with E-state index in [-0.39, 0.29) is 18.9 Å². The van der Waals surface area contributed by atoms with E-state index in [4.69, 9.17) is 20.1 Å². The summed E-state index contributed by atoms with van der Waals surface area (Å²) >= 11 is 0. The first-order chi connectivity index (χ1) is 3.13. The van der Waals surface area contributed by atoms with Gasteiger partial charge >= 0.3 is 33.5 Å². The summed E-state index contributed by atoms with van der Waals surface area (Å²) in [5.41, 5.74) is 0. The quantitative estimate of drug-likeness (QED) is 0.277. The predicted molar refractivity (Wildman–Crippen MR) is 28.6 cm³/mol. The molecule has 0 aromatic carbocycles. The summed E-state index contributed by atoms with van der Waals surface area (Å²) in [5, 5.41) is 30.9. The zero-order valence-corrected chi connectivity index (χ0v) is 3.35. The molecule has 0 aromatic rings. The van der Waals surface area contributed by atoms with Gasteiger partial charge in [0.2, 0.25) is 0 Å². The summed E-state index contributed by atoms with van der Waals surface area (Å²) in [6.45, 7) is 0. The number of hydrogen-bond acceptors (Lipinski definition) is 5. The SMILES string of the molecule is OB(O)OB(O)O.[LiH]. The number of hydrogen-bond donors (Lipinski definition) is 4. The van der Waals surface area contributed by atoms with Gasteiger partial charge in [-0.15, -0.1) is 0 Å². The molecule has 0 heterocycles. The molecule has 42 valence electrons. The molecule has 0 radical (unpaired) electrons. The monoisotopic (exact) mass is 114 g/mol. The molecule has 8 heteroatoms. The molecule has 0 atom stereocenters. The van der Waals surface area contributed by atoms with Gasteiger partial charge in [0.25, 0.3) is 0 Å². The molecule has 0 aliphatic rings. The van der Waals surface area contributed by atoms with E-state index in [2.05, 4.69) is 4.57 Å². The van der Waals surface area contributed by atoms with Crippen LogP contribution in [0.3, 0.4) is 0 Å². The molecular weight excluding hydrogens is 109 g/mol. The van der Waals surface area contributed by atoms with Crippen LogP contribution in [0.25, 0.3) is 0 Å².